The van der Waals surface area contributed by atoms with Crippen LogP contribution in [0.1, 0.15) is 23.2 Å². The van der Waals surface area contributed by atoms with Crippen LogP contribution in [0.25, 0.3) is 22.4 Å². The summed E-state index contributed by atoms with van der Waals surface area (Å²) < 4.78 is 5.45. The molecule has 1 amide bonds. The van der Waals surface area contributed by atoms with E-state index in [1.54, 1.807) is 24.5 Å². The molecule has 1 atom stereocenters. The number of rotatable bonds is 3. The van der Waals surface area contributed by atoms with Crippen LogP contribution in [-0.4, -0.2) is 30.0 Å². The van der Waals surface area contributed by atoms with E-state index in [1.165, 1.54) is 0 Å². The molecule has 1 saturated heterocycles. The predicted octanol–water partition coefficient (Wildman–Crippen LogP) is 4.05. The third kappa shape index (κ3) is 3.70. The number of piperidine rings is 1. The molecule has 0 bridgehead atoms. The lowest BCUT2D eigenvalue weighted by molar-refractivity contribution is 0.0932. The van der Waals surface area contributed by atoms with Crippen molar-refractivity contribution in [3.8, 4) is 11.5 Å². The number of carbonyl (C=O) groups is 1. The second kappa shape index (κ2) is 8.08. The Kier molecular flexibility index (Phi) is 5.81. The van der Waals surface area contributed by atoms with Crippen molar-refractivity contribution in [3.05, 3.63) is 53.2 Å². The lowest BCUT2D eigenvalue weighted by atomic mass is 10.0. The van der Waals surface area contributed by atoms with Gasteiger partial charge in [-0.1, -0.05) is 23.7 Å². The van der Waals surface area contributed by atoms with Gasteiger partial charge in [0.15, 0.2) is 5.76 Å². The highest BCUT2D eigenvalue weighted by Gasteiger charge is 2.20. The Balaban J connectivity index is 0.00000196. The monoisotopic (exact) mass is 391 g/mol. The quantitative estimate of drug-likeness (QED) is 0.706. The van der Waals surface area contributed by atoms with Gasteiger partial charge in [0.2, 0.25) is 0 Å². The first-order valence-corrected chi connectivity index (χ1v) is 8.75. The van der Waals surface area contributed by atoms with Crippen LogP contribution in [0.3, 0.4) is 0 Å². The maximum Gasteiger partial charge on any atom is 0.252 e. The number of benzene rings is 1. The van der Waals surface area contributed by atoms with Gasteiger partial charge in [-0.15, -0.1) is 12.4 Å². The highest BCUT2D eigenvalue weighted by molar-refractivity contribution is 6.35. The standard InChI is InChI=1S/C19H18ClN3O2.ClH/c20-15-6-1-5-13-14(19(24)22-12-4-2-8-21-11-12)10-16(23-18(13)15)17-7-3-9-25-17;/h1,3,5-7,9-10,12,21H,2,4,8,11H2,(H,22,24);1H/t12-;/m0./s1. The third-order valence-electron chi connectivity index (χ3n) is 4.44. The Morgan fingerprint density at radius 1 is 1.31 bits per heavy atom. The summed E-state index contributed by atoms with van der Waals surface area (Å²) in [5.74, 6) is 0.492. The fourth-order valence-electron chi connectivity index (χ4n) is 3.19. The van der Waals surface area contributed by atoms with E-state index < -0.39 is 0 Å². The maximum absolute atomic E-state index is 12.9. The summed E-state index contributed by atoms with van der Waals surface area (Å²) >= 11 is 6.32. The maximum atomic E-state index is 12.9. The zero-order valence-electron chi connectivity index (χ0n) is 14.0. The molecule has 1 aliphatic heterocycles. The average molecular weight is 392 g/mol. The molecule has 136 valence electrons. The molecule has 1 aliphatic rings. The van der Waals surface area contributed by atoms with Crippen LogP contribution in [-0.2, 0) is 0 Å². The van der Waals surface area contributed by atoms with Crippen LogP contribution < -0.4 is 10.6 Å². The molecule has 5 nitrogen and oxygen atoms in total. The number of carbonyl (C=O) groups excluding carboxylic acids is 1. The molecule has 7 heteroatoms. The second-order valence-corrected chi connectivity index (χ2v) is 6.59. The van der Waals surface area contributed by atoms with Gasteiger partial charge < -0.3 is 15.1 Å². The van der Waals surface area contributed by atoms with E-state index in [2.05, 4.69) is 15.6 Å². The minimum Gasteiger partial charge on any atom is -0.463 e. The Morgan fingerprint density at radius 3 is 2.92 bits per heavy atom. The van der Waals surface area contributed by atoms with Gasteiger partial charge in [0.05, 0.1) is 22.4 Å². The van der Waals surface area contributed by atoms with Crippen LogP contribution >= 0.6 is 24.0 Å². The molecule has 26 heavy (non-hydrogen) atoms. The van der Waals surface area contributed by atoms with E-state index >= 15 is 0 Å². The zero-order valence-corrected chi connectivity index (χ0v) is 15.6. The fourth-order valence-corrected chi connectivity index (χ4v) is 3.41. The van der Waals surface area contributed by atoms with Crippen molar-refractivity contribution in [1.82, 2.24) is 15.6 Å². The van der Waals surface area contributed by atoms with Crippen LogP contribution in [0.2, 0.25) is 5.02 Å². The smallest absolute Gasteiger partial charge is 0.252 e. The van der Waals surface area contributed by atoms with Crippen molar-refractivity contribution in [2.24, 2.45) is 0 Å². The SMILES string of the molecule is Cl.O=C(N[C@H]1CCCNC1)c1cc(-c2ccco2)nc2c(Cl)cccc12. The van der Waals surface area contributed by atoms with Gasteiger partial charge in [0, 0.05) is 18.0 Å². The van der Waals surface area contributed by atoms with Crippen molar-refractivity contribution in [2.45, 2.75) is 18.9 Å². The third-order valence-corrected chi connectivity index (χ3v) is 4.75. The molecule has 0 aliphatic carbocycles. The Morgan fingerprint density at radius 2 is 2.19 bits per heavy atom. The molecule has 4 rings (SSSR count). The Labute approximate surface area is 162 Å². The largest absolute Gasteiger partial charge is 0.463 e. The molecule has 0 saturated carbocycles. The van der Waals surface area contributed by atoms with Gasteiger partial charge >= 0.3 is 0 Å². The summed E-state index contributed by atoms with van der Waals surface area (Å²) in [5.41, 5.74) is 1.76. The summed E-state index contributed by atoms with van der Waals surface area (Å²) in [6.45, 7) is 1.80. The molecule has 3 aromatic rings. The van der Waals surface area contributed by atoms with Crippen LogP contribution in [0.5, 0.6) is 0 Å². The lowest BCUT2D eigenvalue weighted by Crippen LogP contribution is -2.45. The van der Waals surface area contributed by atoms with Gasteiger partial charge in [-0.05, 0) is 43.7 Å². The highest BCUT2D eigenvalue weighted by atomic mass is 35.5. The summed E-state index contributed by atoms with van der Waals surface area (Å²) in [6.07, 6.45) is 3.63. The first kappa shape index (κ1) is 18.7. The van der Waals surface area contributed by atoms with Gasteiger partial charge in [-0.3, -0.25) is 4.79 Å². The molecule has 0 unspecified atom stereocenters. The molecule has 2 aromatic heterocycles. The molecular weight excluding hydrogens is 373 g/mol. The summed E-state index contributed by atoms with van der Waals surface area (Å²) in [6, 6.07) is 11.0. The first-order valence-electron chi connectivity index (χ1n) is 8.37. The fraction of sp³-hybridized carbons (Fsp3) is 0.263. The summed E-state index contributed by atoms with van der Waals surface area (Å²) in [4.78, 5) is 17.5. The number of hydrogen-bond donors (Lipinski definition) is 2. The van der Waals surface area contributed by atoms with E-state index in [1.807, 2.05) is 18.2 Å². The van der Waals surface area contributed by atoms with Crippen molar-refractivity contribution in [1.29, 1.82) is 0 Å². The molecule has 3 heterocycles. The highest BCUT2D eigenvalue weighted by Crippen LogP contribution is 2.29. The minimum absolute atomic E-state index is 0. The van der Waals surface area contributed by atoms with Crippen LogP contribution in [0.15, 0.2) is 47.1 Å². The molecular formula is C19H19Cl2N3O2. The number of para-hydroxylation sites is 1. The number of fused-ring (bicyclic) bond motifs is 1. The molecule has 2 N–H and O–H groups in total. The molecule has 0 spiro atoms. The number of aromatic nitrogens is 1. The minimum atomic E-state index is -0.115. The number of hydrogen-bond acceptors (Lipinski definition) is 4. The van der Waals surface area contributed by atoms with E-state index in [0.29, 0.717) is 27.6 Å². The van der Waals surface area contributed by atoms with Gasteiger partial charge in [-0.2, -0.15) is 0 Å². The molecule has 0 radical (unpaired) electrons. The van der Waals surface area contributed by atoms with E-state index in [4.69, 9.17) is 16.0 Å². The van der Waals surface area contributed by atoms with Gasteiger partial charge in [-0.25, -0.2) is 4.98 Å². The number of amides is 1. The number of furan rings is 1. The van der Waals surface area contributed by atoms with E-state index in [-0.39, 0.29) is 24.4 Å². The lowest BCUT2D eigenvalue weighted by Gasteiger charge is -2.24. The van der Waals surface area contributed by atoms with E-state index in [9.17, 15) is 4.79 Å². The van der Waals surface area contributed by atoms with Crippen molar-refractivity contribution in [2.75, 3.05) is 13.1 Å². The van der Waals surface area contributed by atoms with Gasteiger partial charge in [0.1, 0.15) is 5.69 Å². The van der Waals surface area contributed by atoms with Crippen molar-refractivity contribution in [3.63, 3.8) is 0 Å². The summed E-state index contributed by atoms with van der Waals surface area (Å²) in [5, 5.41) is 7.68. The number of nitrogens with one attached hydrogen (secondary N) is 2. The normalized spacial score (nSPS) is 16.9. The molecule has 1 fully saturated rings. The average Bonchev–Trinajstić information content (AvgIpc) is 3.17. The topological polar surface area (TPSA) is 67.2 Å². The van der Waals surface area contributed by atoms with Gasteiger partial charge in [0.25, 0.3) is 5.91 Å². The Bertz CT molecular complexity index is 907. The van der Waals surface area contributed by atoms with Crippen molar-refractivity contribution >= 4 is 40.8 Å². The van der Waals surface area contributed by atoms with E-state index in [0.717, 1.165) is 31.3 Å². The molecule has 1 aromatic carbocycles. The zero-order chi connectivity index (χ0) is 17.2. The predicted molar refractivity (Wildman–Crippen MR) is 105 cm³/mol. The summed E-state index contributed by atoms with van der Waals surface area (Å²) in [7, 11) is 0. The first-order chi connectivity index (χ1) is 12.2. The Hall–Kier alpha value is -2.08. The number of halogens is 2. The van der Waals surface area contributed by atoms with Crippen LogP contribution in [0.4, 0.5) is 0 Å². The number of pyridine rings is 1. The second-order valence-electron chi connectivity index (χ2n) is 6.19. The van der Waals surface area contributed by atoms with Crippen LogP contribution in [0, 0.1) is 0 Å². The number of nitrogens with zero attached hydrogens (tertiary/aromatic N) is 1. The van der Waals surface area contributed by atoms with Crippen molar-refractivity contribution < 1.29 is 9.21 Å².